The van der Waals surface area contributed by atoms with Gasteiger partial charge in [-0.3, -0.25) is 10.2 Å². The SMILES string of the molecule is CCS(=O)(=O)C1=NN2C(=N)/C(=C/c3ccc(OC(=O)c4ccco4)c(Br)c3)C(=O)N=C2S1. The largest absolute Gasteiger partial charge is 0.457 e. The molecule has 2 aromatic rings. The van der Waals surface area contributed by atoms with Crippen molar-refractivity contribution in [2.24, 2.45) is 10.1 Å². The Labute approximate surface area is 194 Å². The Kier molecular flexibility index (Phi) is 5.88. The molecule has 164 valence electrons. The lowest BCUT2D eigenvalue weighted by Gasteiger charge is -2.20. The molecule has 0 radical (unpaired) electrons. The van der Waals surface area contributed by atoms with Crippen LogP contribution in [0.2, 0.25) is 0 Å². The molecule has 4 rings (SSSR count). The maximum atomic E-state index is 12.5. The highest BCUT2D eigenvalue weighted by Gasteiger charge is 2.39. The number of nitrogens with one attached hydrogen (secondary N) is 1. The number of hydrazone groups is 1. The van der Waals surface area contributed by atoms with Crippen LogP contribution in [-0.4, -0.2) is 46.4 Å². The Bertz CT molecular complexity index is 1350. The van der Waals surface area contributed by atoms with Gasteiger partial charge in [-0.15, -0.1) is 5.10 Å². The van der Waals surface area contributed by atoms with Crippen LogP contribution in [0.5, 0.6) is 5.75 Å². The molecule has 0 aliphatic carbocycles. The third-order valence-electron chi connectivity index (χ3n) is 4.27. The van der Waals surface area contributed by atoms with Gasteiger partial charge in [0.15, 0.2) is 5.84 Å². The second-order valence-electron chi connectivity index (χ2n) is 6.35. The van der Waals surface area contributed by atoms with Crippen molar-refractivity contribution in [2.45, 2.75) is 6.92 Å². The summed E-state index contributed by atoms with van der Waals surface area (Å²) in [7, 11) is -3.60. The van der Waals surface area contributed by atoms with Gasteiger partial charge >= 0.3 is 5.97 Å². The first kappa shape index (κ1) is 22.2. The summed E-state index contributed by atoms with van der Waals surface area (Å²) >= 11 is 4.05. The average molecular weight is 537 g/mol. The van der Waals surface area contributed by atoms with E-state index in [1.165, 1.54) is 31.4 Å². The van der Waals surface area contributed by atoms with Gasteiger partial charge < -0.3 is 9.15 Å². The fourth-order valence-corrected chi connectivity index (χ4v) is 5.27. The van der Waals surface area contributed by atoms with Gasteiger partial charge in [0.1, 0.15) is 5.75 Å². The number of benzene rings is 1. The molecule has 1 aromatic carbocycles. The van der Waals surface area contributed by atoms with Crippen molar-refractivity contribution in [3.05, 3.63) is 58.0 Å². The van der Waals surface area contributed by atoms with Crippen LogP contribution in [-0.2, 0) is 14.6 Å². The monoisotopic (exact) mass is 536 g/mol. The summed E-state index contributed by atoms with van der Waals surface area (Å²) in [6.45, 7) is 1.48. The number of aliphatic imine (C=N–C) groups is 1. The highest BCUT2D eigenvalue weighted by atomic mass is 79.9. The molecule has 0 fully saturated rings. The van der Waals surface area contributed by atoms with E-state index in [4.69, 9.17) is 14.6 Å². The number of hydrogen-bond donors (Lipinski definition) is 1. The van der Waals surface area contributed by atoms with E-state index in [1.807, 2.05) is 0 Å². The highest BCUT2D eigenvalue weighted by Crippen LogP contribution is 2.32. The van der Waals surface area contributed by atoms with Gasteiger partial charge in [-0.1, -0.05) is 13.0 Å². The standard InChI is InChI=1S/C19H13BrN4O6S2/c1-2-32(27,28)19-23-24-15(21)11(16(25)22-18(24)31-19)8-10-5-6-13(12(20)9-10)30-17(26)14-4-3-7-29-14/h3-9,21H,2H2,1H3/b11-8-,21-15?. The molecule has 0 saturated carbocycles. The van der Waals surface area contributed by atoms with Crippen molar-refractivity contribution in [1.29, 1.82) is 5.41 Å². The Morgan fingerprint density at radius 2 is 2.16 bits per heavy atom. The lowest BCUT2D eigenvalue weighted by atomic mass is 10.1. The maximum absolute atomic E-state index is 12.5. The molecular formula is C19H13BrN4O6S2. The second-order valence-corrected chi connectivity index (χ2v) is 10.6. The number of sulfone groups is 1. The lowest BCUT2D eigenvalue weighted by molar-refractivity contribution is -0.114. The molecule has 13 heteroatoms. The topological polar surface area (TPSA) is 142 Å². The van der Waals surface area contributed by atoms with Crippen LogP contribution in [0, 0.1) is 5.41 Å². The number of hydrogen-bond acceptors (Lipinski definition) is 9. The minimum Gasteiger partial charge on any atom is -0.457 e. The van der Waals surface area contributed by atoms with E-state index in [0.29, 0.717) is 10.0 Å². The van der Waals surface area contributed by atoms with Crippen LogP contribution in [0.3, 0.4) is 0 Å². The number of nitrogens with zero attached hydrogens (tertiary/aromatic N) is 3. The van der Waals surface area contributed by atoms with Gasteiger partial charge in [0.05, 0.1) is 22.1 Å². The number of halogens is 1. The number of thioether (sulfide) groups is 1. The van der Waals surface area contributed by atoms with E-state index in [9.17, 15) is 18.0 Å². The fraction of sp³-hybridized carbons (Fsp3) is 0.105. The summed E-state index contributed by atoms with van der Waals surface area (Å²) in [5.41, 5.74) is 0.444. The van der Waals surface area contributed by atoms with Gasteiger partial charge in [-0.25, -0.2) is 13.2 Å². The molecule has 1 amide bonds. The number of ether oxygens (including phenoxy) is 1. The normalized spacial score (nSPS) is 17.3. The molecule has 2 aliphatic rings. The van der Waals surface area contributed by atoms with Crippen molar-refractivity contribution >= 4 is 70.9 Å². The molecule has 1 N–H and O–H groups in total. The predicted octanol–water partition coefficient (Wildman–Crippen LogP) is 3.27. The summed E-state index contributed by atoms with van der Waals surface area (Å²) < 4.78 is 34.6. The first-order valence-electron chi connectivity index (χ1n) is 8.98. The summed E-state index contributed by atoms with van der Waals surface area (Å²) in [6.07, 6.45) is 2.77. The number of amides is 1. The van der Waals surface area contributed by atoms with Crippen LogP contribution < -0.4 is 4.74 Å². The number of furan rings is 1. The summed E-state index contributed by atoms with van der Waals surface area (Å²) in [6, 6.07) is 7.72. The molecule has 0 spiro atoms. The van der Waals surface area contributed by atoms with Crippen molar-refractivity contribution in [1.82, 2.24) is 5.01 Å². The zero-order valence-corrected chi connectivity index (χ0v) is 19.5. The molecule has 32 heavy (non-hydrogen) atoms. The van der Waals surface area contributed by atoms with Gasteiger partial charge in [0.2, 0.25) is 25.1 Å². The number of amidine groups is 2. The van der Waals surface area contributed by atoms with E-state index in [2.05, 4.69) is 26.0 Å². The predicted molar refractivity (Wildman–Crippen MR) is 122 cm³/mol. The second kappa shape index (κ2) is 8.48. The van der Waals surface area contributed by atoms with Crippen LogP contribution in [0.25, 0.3) is 6.08 Å². The first-order valence-corrected chi connectivity index (χ1v) is 12.2. The van der Waals surface area contributed by atoms with E-state index >= 15 is 0 Å². The number of rotatable bonds is 4. The molecule has 3 heterocycles. The molecule has 1 aromatic heterocycles. The van der Waals surface area contributed by atoms with Crippen molar-refractivity contribution < 1.29 is 27.2 Å². The van der Waals surface area contributed by atoms with Crippen LogP contribution in [0.4, 0.5) is 0 Å². The first-order chi connectivity index (χ1) is 15.2. The van der Waals surface area contributed by atoms with E-state index in [-0.39, 0.29) is 38.2 Å². The maximum Gasteiger partial charge on any atom is 0.379 e. The molecule has 10 nitrogen and oxygen atoms in total. The van der Waals surface area contributed by atoms with Gasteiger partial charge in [0, 0.05) is 0 Å². The number of esters is 1. The minimum absolute atomic E-state index is 0.0190. The Morgan fingerprint density at radius 1 is 1.38 bits per heavy atom. The smallest absolute Gasteiger partial charge is 0.379 e. The Hall–Kier alpha value is -3.03. The van der Waals surface area contributed by atoms with Crippen molar-refractivity contribution in [2.75, 3.05) is 5.75 Å². The molecule has 0 bridgehead atoms. The van der Waals surface area contributed by atoms with Gasteiger partial charge in [-0.2, -0.15) is 10.0 Å². The van der Waals surface area contributed by atoms with Crippen molar-refractivity contribution in [3.8, 4) is 5.75 Å². The van der Waals surface area contributed by atoms with E-state index < -0.39 is 21.7 Å². The molecule has 0 atom stereocenters. The summed E-state index contributed by atoms with van der Waals surface area (Å²) in [5, 5.41) is 13.3. The van der Waals surface area contributed by atoms with Crippen LogP contribution in [0.15, 0.2) is 61.2 Å². The highest BCUT2D eigenvalue weighted by molar-refractivity contribution is 9.10. The molecular weight excluding hydrogens is 524 g/mol. The third kappa shape index (κ3) is 4.18. The summed E-state index contributed by atoms with van der Waals surface area (Å²) in [4.78, 5) is 28.4. The fourth-order valence-electron chi connectivity index (χ4n) is 2.62. The zero-order valence-electron chi connectivity index (χ0n) is 16.2. The van der Waals surface area contributed by atoms with E-state index in [1.54, 1.807) is 18.2 Å². The third-order valence-corrected chi connectivity index (χ3v) is 7.98. The van der Waals surface area contributed by atoms with Crippen LogP contribution >= 0.6 is 27.7 Å². The molecule has 0 saturated heterocycles. The number of fused-ring (bicyclic) bond motifs is 1. The lowest BCUT2D eigenvalue weighted by Crippen LogP contribution is -2.35. The van der Waals surface area contributed by atoms with Crippen LogP contribution in [0.1, 0.15) is 23.0 Å². The number of carbonyl (C=O) groups is 2. The molecule has 2 aliphatic heterocycles. The van der Waals surface area contributed by atoms with Gasteiger partial charge in [-0.05, 0) is 63.6 Å². The zero-order chi connectivity index (χ0) is 23.0. The summed E-state index contributed by atoms with van der Waals surface area (Å²) in [5.74, 6) is -1.54. The van der Waals surface area contributed by atoms with Crippen molar-refractivity contribution in [3.63, 3.8) is 0 Å². The Balaban J connectivity index is 1.59. The Morgan fingerprint density at radius 3 is 2.81 bits per heavy atom. The van der Waals surface area contributed by atoms with E-state index in [0.717, 1.165) is 16.8 Å². The quantitative estimate of drug-likeness (QED) is 0.356. The number of carbonyl (C=O) groups excluding carboxylic acids is 2. The average Bonchev–Trinajstić information content (AvgIpc) is 3.43. The molecule has 0 unspecified atom stereocenters. The minimum atomic E-state index is -3.60. The van der Waals surface area contributed by atoms with Gasteiger partial charge in [0.25, 0.3) is 5.91 Å².